The number of hydrogen-bond acceptors (Lipinski definition) is 7. The maximum absolute atomic E-state index is 11.7. The van der Waals surface area contributed by atoms with E-state index >= 15 is 0 Å². The Hall–Kier alpha value is -2.19. The third-order valence-corrected chi connectivity index (χ3v) is 2.21. The van der Waals surface area contributed by atoms with Crippen molar-refractivity contribution in [3.8, 4) is 0 Å². The summed E-state index contributed by atoms with van der Waals surface area (Å²) in [7, 11) is 0. The van der Waals surface area contributed by atoms with Gasteiger partial charge >= 0.3 is 11.9 Å². The van der Waals surface area contributed by atoms with Crippen molar-refractivity contribution >= 4 is 17.8 Å². The molecule has 0 spiro atoms. The number of carbonyl (C=O) groups excluding carboxylic acids is 3. The molecule has 8 heteroatoms. The highest BCUT2D eigenvalue weighted by molar-refractivity contribution is 5.90. The van der Waals surface area contributed by atoms with E-state index in [0.29, 0.717) is 0 Å². The molecule has 118 valence electrons. The van der Waals surface area contributed by atoms with Crippen LogP contribution < -0.4 is 11.1 Å². The van der Waals surface area contributed by atoms with Gasteiger partial charge in [-0.15, -0.1) is 0 Å². The zero-order valence-corrected chi connectivity index (χ0v) is 11.6. The SMILES string of the molecule is C=CCOC(=O)C[C@H](NC(=O)[C@@H](N)CO)C(=O)OCC=C. The van der Waals surface area contributed by atoms with Crippen molar-refractivity contribution in [1.82, 2.24) is 5.32 Å². The number of aliphatic hydroxyl groups excluding tert-OH is 1. The van der Waals surface area contributed by atoms with Crippen molar-refractivity contribution < 1.29 is 29.0 Å². The van der Waals surface area contributed by atoms with E-state index in [4.69, 9.17) is 20.3 Å². The molecule has 0 unspecified atom stereocenters. The van der Waals surface area contributed by atoms with Crippen molar-refractivity contribution in [2.24, 2.45) is 5.73 Å². The van der Waals surface area contributed by atoms with Gasteiger partial charge in [0.05, 0.1) is 13.0 Å². The summed E-state index contributed by atoms with van der Waals surface area (Å²) in [5, 5.41) is 11.0. The first-order chi connectivity index (χ1) is 9.96. The average Bonchev–Trinajstić information content (AvgIpc) is 2.48. The number of rotatable bonds is 10. The number of esters is 2. The number of hydrogen-bond donors (Lipinski definition) is 3. The van der Waals surface area contributed by atoms with Crippen LogP contribution in [0.25, 0.3) is 0 Å². The molecule has 0 aromatic rings. The maximum Gasteiger partial charge on any atom is 0.329 e. The van der Waals surface area contributed by atoms with E-state index in [9.17, 15) is 14.4 Å². The molecule has 4 N–H and O–H groups in total. The van der Waals surface area contributed by atoms with Gasteiger partial charge in [-0.1, -0.05) is 25.3 Å². The minimum Gasteiger partial charge on any atom is -0.461 e. The van der Waals surface area contributed by atoms with Gasteiger partial charge in [-0.05, 0) is 0 Å². The highest BCUT2D eigenvalue weighted by atomic mass is 16.5. The van der Waals surface area contributed by atoms with Crippen molar-refractivity contribution in [3.05, 3.63) is 25.3 Å². The van der Waals surface area contributed by atoms with Crippen LogP contribution in [0.3, 0.4) is 0 Å². The third kappa shape index (κ3) is 7.85. The van der Waals surface area contributed by atoms with Crippen molar-refractivity contribution in [1.29, 1.82) is 0 Å². The van der Waals surface area contributed by atoms with Crippen LogP contribution in [-0.2, 0) is 23.9 Å². The lowest BCUT2D eigenvalue weighted by atomic mass is 10.2. The minimum atomic E-state index is -1.26. The number of amides is 1. The highest BCUT2D eigenvalue weighted by Crippen LogP contribution is 2.00. The van der Waals surface area contributed by atoms with E-state index in [1.807, 2.05) is 0 Å². The van der Waals surface area contributed by atoms with Crippen LogP contribution in [0.1, 0.15) is 6.42 Å². The molecular formula is C13H20N2O6. The fraction of sp³-hybridized carbons (Fsp3) is 0.462. The quantitative estimate of drug-likeness (QED) is 0.336. The van der Waals surface area contributed by atoms with Crippen LogP contribution in [0.15, 0.2) is 25.3 Å². The summed E-state index contributed by atoms with van der Waals surface area (Å²) in [5.41, 5.74) is 5.32. The smallest absolute Gasteiger partial charge is 0.329 e. The molecule has 0 heterocycles. The van der Waals surface area contributed by atoms with Gasteiger partial charge in [0.1, 0.15) is 25.3 Å². The zero-order chi connectivity index (χ0) is 16.3. The first-order valence-corrected chi connectivity index (χ1v) is 6.17. The topological polar surface area (TPSA) is 128 Å². The van der Waals surface area contributed by atoms with Gasteiger partial charge in [0.15, 0.2) is 0 Å². The maximum atomic E-state index is 11.7. The zero-order valence-electron chi connectivity index (χ0n) is 11.6. The Labute approximate surface area is 122 Å². The lowest BCUT2D eigenvalue weighted by Gasteiger charge is -2.18. The molecule has 2 atom stereocenters. The van der Waals surface area contributed by atoms with Crippen LogP contribution in [0.2, 0.25) is 0 Å². The fourth-order valence-electron chi connectivity index (χ4n) is 1.17. The Morgan fingerprint density at radius 3 is 2.29 bits per heavy atom. The number of nitrogens with two attached hydrogens (primary N) is 1. The van der Waals surface area contributed by atoms with Gasteiger partial charge in [-0.25, -0.2) is 4.79 Å². The van der Waals surface area contributed by atoms with E-state index in [1.54, 1.807) is 0 Å². The normalized spacial score (nSPS) is 12.7. The molecule has 0 bridgehead atoms. The van der Waals surface area contributed by atoms with Crippen LogP contribution in [0, 0.1) is 0 Å². The lowest BCUT2D eigenvalue weighted by molar-refractivity contribution is -0.152. The summed E-state index contributed by atoms with van der Waals surface area (Å²) in [5.74, 6) is -2.33. The molecule has 0 rings (SSSR count). The van der Waals surface area contributed by atoms with Crippen LogP contribution in [0.4, 0.5) is 0 Å². The molecule has 21 heavy (non-hydrogen) atoms. The molecule has 0 aliphatic carbocycles. The number of ether oxygens (including phenoxy) is 2. The molecule has 0 radical (unpaired) electrons. The van der Waals surface area contributed by atoms with Crippen LogP contribution in [-0.4, -0.2) is 54.9 Å². The molecule has 8 nitrogen and oxygen atoms in total. The molecule has 0 saturated heterocycles. The summed E-state index contributed by atoms with van der Waals surface area (Å²) >= 11 is 0. The van der Waals surface area contributed by atoms with Crippen LogP contribution >= 0.6 is 0 Å². The number of aliphatic hydroxyl groups is 1. The van der Waals surface area contributed by atoms with E-state index in [-0.39, 0.29) is 13.2 Å². The third-order valence-electron chi connectivity index (χ3n) is 2.21. The standard InChI is InChI=1S/C13H20N2O6/c1-3-5-20-11(17)7-10(13(19)21-6-4-2)15-12(18)9(14)8-16/h3-4,9-10,16H,1-2,5-8,14H2,(H,15,18)/t9-,10-/m0/s1. The Bertz CT molecular complexity index is 396. The second-order valence-corrected chi connectivity index (χ2v) is 3.94. The molecule has 0 aromatic heterocycles. The average molecular weight is 300 g/mol. The molecular weight excluding hydrogens is 280 g/mol. The summed E-state index contributed by atoms with van der Waals surface area (Å²) in [4.78, 5) is 34.8. The molecule has 0 aromatic carbocycles. The molecule has 0 saturated carbocycles. The van der Waals surface area contributed by atoms with Gasteiger partial charge in [-0.2, -0.15) is 0 Å². The lowest BCUT2D eigenvalue weighted by Crippen LogP contribution is -2.51. The predicted molar refractivity (Wildman–Crippen MR) is 73.9 cm³/mol. The van der Waals surface area contributed by atoms with Gasteiger partial charge in [-0.3, -0.25) is 9.59 Å². The Kier molecular flexibility index (Phi) is 9.48. The van der Waals surface area contributed by atoms with Crippen LogP contribution in [0.5, 0.6) is 0 Å². The second kappa shape index (κ2) is 10.6. The fourth-order valence-corrected chi connectivity index (χ4v) is 1.17. The molecule has 0 aliphatic rings. The van der Waals surface area contributed by atoms with Gasteiger partial charge in [0, 0.05) is 0 Å². The molecule has 1 amide bonds. The predicted octanol–water partition coefficient (Wildman–Crippen LogP) is -1.36. The highest BCUT2D eigenvalue weighted by Gasteiger charge is 2.27. The van der Waals surface area contributed by atoms with Gasteiger partial charge < -0.3 is 25.6 Å². The summed E-state index contributed by atoms with van der Waals surface area (Å²) in [6, 6.07) is -2.46. The minimum absolute atomic E-state index is 0.0165. The Balaban J connectivity index is 4.71. The molecule has 0 fully saturated rings. The Morgan fingerprint density at radius 1 is 1.19 bits per heavy atom. The van der Waals surface area contributed by atoms with E-state index in [2.05, 4.69) is 18.5 Å². The van der Waals surface area contributed by atoms with Crippen molar-refractivity contribution in [2.45, 2.75) is 18.5 Å². The van der Waals surface area contributed by atoms with Gasteiger partial charge in [0.2, 0.25) is 5.91 Å². The van der Waals surface area contributed by atoms with E-state index < -0.39 is 43.0 Å². The van der Waals surface area contributed by atoms with E-state index in [1.165, 1.54) is 12.2 Å². The largest absolute Gasteiger partial charge is 0.461 e. The monoisotopic (exact) mass is 300 g/mol. The summed E-state index contributed by atoms with van der Waals surface area (Å²) in [6.45, 7) is 6.07. The van der Waals surface area contributed by atoms with Gasteiger partial charge in [0.25, 0.3) is 0 Å². The van der Waals surface area contributed by atoms with Crippen molar-refractivity contribution in [3.63, 3.8) is 0 Å². The van der Waals surface area contributed by atoms with Crippen molar-refractivity contribution in [2.75, 3.05) is 19.8 Å². The first kappa shape index (κ1) is 18.8. The first-order valence-electron chi connectivity index (χ1n) is 6.17. The Morgan fingerprint density at radius 2 is 1.76 bits per heavy atom. The molecule has 0 aliphatic heterocycles. The second-order valence-electron chi connectivity index (χ2n) is 3.94. The summed E-state index contributed by atoms with van der Waals surface area (Å²) in [6.07, 6.45) is 2.28. The number of nitrogens with one attached hydrogen (secondary N) is 1. The van der Waals surface area contributed by atoms with E-state index in [0.717, 1.165) is 0 Å². The summed E-state index contributed by atoms with van der Waals surface area (Å²) < 4.78 is 9.50. The number of carbonyl (C=O) groups is 3.